The molecule has 0 saturated carbocycles. The molecule has 1 heterocycles. The molecule has 21 heavy (non-hydrogen) atoms. The minimum Gasteiger partial charge on any atom is -0.480 e. The van der Waals surface area contributed by atoms with Gasteiger partial charge in [0.1, 0.15) is 6.61 Å². The second-order valence-corrected chi connectivity index (χ2v) is 7.67. The molecule has 0 unspecified atom stereocenters. The van der Waals surface area contributed by atoms with Gasteiger partial charge in [-0.25, -0.2) is 13.2 Å². The van der Waals surface area contributed by atoms with E-state index in [0.717, 1.165) is 11.1 Å². The lowest BCUT2D eigenvalue weighted by Crippen LogP contribution is -2.63. The average molecular weight is 313 g/mol. The highest BCUT2D eigenvalue weighted by atomic mass is 32.2. The summed E-state index contributed by atoms with van der Waals surface area (Å²) in [6.07, 6.45) is 0. The van der Waals surface area contributed by atoms with Gasteiger partial charge in [-0.05, 0) is 44.0 Å². The van der Waals surface area contributed by atoms with Crippen molar-refractivity contribution in [2.24, 2.45) is 0 Å². The third kappa shape index (κ3) is 3.42. The quantitative estimate of drug-likeness (QED) is 0.882. The number of carboxylic acid groups (broad SMARTS) is 1. The van der Waals surface area contributed by atoms with Gasteiger partial charge in [-0.3, -0.25) is 0 Å². The molecular formula is C14H19NO5S. The van der Waals surface area contributed by atoms with E-state index in [0.29, 0.717) is 0 Å². The number of aryl methyl sites for hydroxylation is 2. The Balaban J connectivity index is 2.11. The van der Waals surface area contributed by atoms with E-state index < -0.39 is 28.2 Å². The first-order valence-electron chi connectivity index (χ1n) is 6.57. The number of ether oxygens (including phenoxy) is 1. The van der Waals surface area contributed by atoms with Gasteiger partial charge in [0.25, 0.3) is 0 Å². The fourth-order valence-electron chi connectivity index (χ4n) is 2.43. The summed E-state index contributed by atoms with van der Waals surface area (Å²) < 4.78 is 31.5. The number of hydrogen-bond donors (Lipinski definition) is 1. The largest absolute Gasteiger partial charge is 0.480 e. The SMILES string of the molecule is Cc1cc(C)cc(S(=O)(=O)N2CC(C)(OCC(=O)O)C2)c1. The number of benzene rings is 1. The summed E-state index contributed by atoms with van der Waals surface area (Å²) in [5.74, 6) is -1.06. The smallest absolute Gasteiger partial charge is 0.329 e. The fourth-order valence-corrected chi connectivity index (χ4v) is 4.28. The van der Waals surface area contributed by atoms with Crippen LogP contribution in [-0.4, -0.2) is 49.1 Å². The molecule has 1 aromatic rings. The van der Waals surface area contributed by atoms with E-state index in [1.54, 1.807) is 19.1 Å². The lowest BCUT2D eigenvalue weighted by molar-refractivity contribution is -0.157. The van der Waals surface area contributed by atoms with E-state index in [1.165, 1.54) is 4.31 Å². The minimum atomic E-state index is -3.55. The van der Waals surface area contributed by atoms with Crippen LogP contribution in [0.25, 0.3) is 0 Å². The maximum absolute atomic E-state index is 12.5. The molecule has 0 atom stereocenters. The molecule has 7 heteroatoms. The standard InChI is InChI=1S/C14H19NO5S/c1-10-4-11(2)6-12(5-10)21(18,19)15-8-14(3,9-15)20-7-13(16)17/h4-6H,7-9H2,1-3H3,(H,16,17). The summed E-state index contributed by atoms with van der Waals surface area (Å²) in [7, 11) is -3.55. The molecule has 6 nitrogen and oxygen atoms in total. The van der Waals surface area contributed by atoms with E-state index in [1.807, 2.05) is 19.9 Å². The summed E-state index contributed by atoms with van der Waals surface area (Å²) in [5.41, 5.74) is 1.04. The zero-order chi connectivity index (χ0) is 15.8. The van der Waals surface area contributed by atoms with Crippen molar-refractivity contribution >= 4 is 16.0 Å². The van der Waals surface area contributed by atoms with Gasteiger partial charge in [-0.2, -0.15) is 4.31 Å². The van der Waals surface area contributed by atoms with Crippen molar-refractivity contribution in [1.29, 1.82) is 0 Å². The van der Waals surface area contributed by atoms with Crippen LogP contribution in [-0.2, 0) is 19.6 Å². The van der Waals surface area contributed by atoms with Crippen LogP contribution in [0, 0.1) is 13.8 Å². The van der Waals surface area contributed by atoms with Crippen molar-refractivity contribution in [2.45, 2.75) is 31.3 Å². The molecule has 0 amide bonds. The molecule has 0 radical (unpaired) electrons. The first-order valence-corrected chi connectivity index (χ1v) is 8.01. The van der Waals surface area contributed by atoms with E-state index in [-0.39, 0.29) is 18.0 Å². The normalized spacial score (nSPS) is 18.2. The second kappa shape index (κ2) is 5.40. The van der Waals surface area contributed by atoms with Crippen molar-refractivity contribution in [3.63, 3.8) is 0 Å². The summed E-state index contributed by atoms with van der Waals surface area (Å²) in [6, 6.07) is 5.18. The second-order valence-electron chi connectivity index (χ2n) is 5.73. The first-order chi connectivity index (χ1) is 9.62. The maximum atomic E-state index is 12.5. The van der Waals surface area contributed by atoms with Crippen molar-refractivity contribution in [2.75, 3.05) is 19.7 Å². The zero-order valence-corrected chi connectivity index (χ0v) is 13.1. The Bertz CT molecular complexity index is 642. The molecule has 0 aromatic heterocycles. The molecule has 1 N–H and O–H groups in total. The molecule has 1 saturated heterocycles. The maximum Gasteiger partial charge on any atom is 0.329 e. The van der Waals surface area contributed by atoms with Crippen LogP contribution in [0.2, 0.25) is 0 Å². The summed E-state index contributed by atoms with van der Waals surface area (Å²) >= 11 is 0. The van der Waals surface area contributed by atoms with Crippen LogP contribution >= 0.6 is 0 Å². The van der Waals surface area contributed by atoms with Gasteiger partial charge in [0.15, 0.2) is 0 Å². The average Bonchev–Trinajstić information content (AvgIpc) is 2.31. The molecule has 0 aliphatic carbocycles. The lowest BCUT2D eigenvalue weighted by Gasteiger charge is -2.46. The molecule has 0 bridgehead atoms. The lowest BCUT2D eigenvalue weighted by atomic mass is 10.0. The molecule has 0 spiro atoms. The molecule has 1 aliphatic rings. The molecule has 1 aromatic carbocycles. The predicted octanol–water partition coefficient (Wildman–Crippen LogP) is 1.17. The molecule has 116 valence electrons. The van der Waals surface area contributed by atoms with Gasteiger partial charge in [0.05, 0.1) is 10.5 Å². The monoisotopic (exact) mass is 313 g/mol. The summed E-state index contributed by atoms with van der Waals surface area (Å²) in [6.45, 7) is 5.31. The van der Waals surface area contributed by atoms with Crippen molar-refractivity contribution < 1.29 is 23.1 Å². The Labute approximate surface area is 124 Å². The number of hydrogen-bond acceptors (Lipinski definition) is 4. The summed E-state index contributed by atoms with van der Waals surface area (Å²) in [4.78, 5) is 10.8. The van der Waals surface area contributed by atoms with E-state index in [2.05, 4.69) is 0 Å². The van der Waals surface area contributed by atoms with Crippen molar-refractivity contribution in [3.05, 3.63) is 29.3 Å². The van der Waals surface area contributed by atoms with Crippen LogP contribution < -0.4 is 0 Å². The van der Waals surface area contributed by atoms with E-state index >= 15 is 0 Å². The Morgan fingerprint density at radius 1 is 1.29 bits per heavy atom. The first kappa shape index (κ1) is 15.9. The van der Waals surface area contributed by atoms with Gasteiger partial charge >= 0.3 is 5.97 Å². The van der Waals surface area contributed by atoms with Crippen molar-refractivity contribution in [1.82, 2.24) is 4.31 Å². The Kier molecular flexibility index (Phi) is 4.10. The van der Waals surface area contributed by atoms with Crippen molar-refractivity contribution in [3.8, 4) is 0 Å². The third-order valence-corrected chi connectivity index (χ3v) is 5.17. The van der Waals surface area contributed by atoms with Crippen LogP contribution in [0.3, 0.4) is 0 Å². The minimum absolute atomic E-state index is 0.162. The highest BCUT2D eigenvalue weighted by Crippen LogP contribution is 2.31. The molecule has 2 rings (SSSR count). The van der Waals surface area contributed by atoms with E-state index in [9.17, 15) is 13.2 Å². The van der Waals surface area contributed by atoms with Crippen LogP contribution in [0.4, 0.5) is 0 Å². The third-order valence-electron chi connectivity index (χ3n) is 3.40. The number of sulfonamides is 1. The zero-order valence-electron chi connectivity index (χ0n) is 12.3. The molecule has 1 aliphatic heterocycles. The van der Waals surface area contributed by atoms with Gasteiger partial charge < -0.3 is 9.84 Å². The van der Waals surface area contributed by atoms with Crippen LogP contribution in [0.5, 0.6) is 0 Å². The predicted molar refractivity (Wildman–Crippen MR) is 76.7 cm³/mol. The highest BCUT2D eigenvalue weighted by Gasteiger charge is 2.46. The number of nitrogens with zero attached hydrogens (tertiary/aromatic N) is 1. The van der Waals surface area contributed by atoms with E-state index in [4.69, 9.17) is 9.84 Å². The van der Waals surface area contributed by atoms with Gasteiger partial charge in [0.2, 0.25) is 10.0 Å². The Morgan fingerprint density at radius 3 is 2.29 bits per heavy atom. The van der Waals surface area contributed by atoms with Gasteiger partial charge in [-0.1, -0.05) is 6.07 Å². The molecule has 1 fully saturated rings. The number of carboxylic acids is 1. The number of carbonyl (C=O) groups is 1. The Hall–Kier alpha value is -1.44. The molecular weight excluding hydrogens is 294 g/mol. The van der Waals surface area contributed by atoms with Crippen LogP contribution in [0.15, 0.2) is 23.1 Å². The van der Waals surface area contributed by atoms with Gasteiger partial charge in [0, 0.05) is 13.1 Å². The fraction of sp³-hybridized carbons (Fsp3) is 0.500. The Morgan fingerprint density at radius 2 is 1.81 bits per heavy atom. The highest BCUT2D eigenvalue weighted by molar-refractivity contribution is 7.89. The number of aliphatic carboxylic acids is 1. The topological polar surface area (TPSA) is 83.9 Å². The van der Waals surface area contributed by atoms with Crippen LogP contribution in [0.1, 0.15) is 18.1 Å². The van der Waals surface area contributed by atoms with Gasteiger partial charge in [-0.15, -0.1) is 0 Å². The summed E-state index contributed by atoms with van der Waals surface area (Å²) in [5, 5.41) is 8.60. The number of rotatable bonds is 5.